The number of carbonyl (C=O) groups excluding carboxylic acids is 1. The average Bonchev–Trinajstić information content (AvgIpc) is 2.04. The number of carbonyl (C=O) groups is 1. The van der Waals surface area contributed by atoms with Gasteiger partial charge >= 0.3 is 5.97 Å². The quantitative estimate of drug-likeness (QED) is 0.551. The van der Waals surface area contributed by atoms with Crippen molar-refractivity contribution < 1.29 is 14.7 Å². The summed E-state index contributed by atoms with van der Waals surface area (Å²) in [5.74, 6) is -1.09. The van der Waals surface area contributed by atoms with Gasteiger partial charge in [0.15, 0.2) is 0 Å². The van der Waals surface area contributed by atoms with E-state index in [1.54, 1.807) is 19.1 Å². The SMILES string of the molecule is Cc1cccc(N=C=O)c1C(=O)O. The number of hydrogen-bond acceptors (Lipinski definition) is 3. The van der Waals surface area contributed by atoms with Gasteiger partial charge in [0.05, 0.1) is 11.3 Å². The van der Waals surface area contributed by atoms with E-state index in [1.165, 1.54) is 12.1 Å². The molecule has 0 amide bonds. The van der Waals surface area contributed by atoms with Gasteiger partial charge in [-0.15, -0.1) is 0 Å². The first-order chi connectivity index (χ1) is 6.16. The molecule has 0 atom stereocenters. The van der Waals surface area contributed by atoms with E-state index in [-0.39, 0.29) is 11.3 Å². The number of carboxylic acids is 1. The molecule has 0 aliphatic rings. The van der Waals surface area contributed by atoms with Crippen molar-refractivity contribution in [3.8, 4) is 0 Å². The maximum Gasteiger partial charge on any atom is 0.338 e. The lowest BCUT2D eigenvalue weighted by Crippen LogP contribution is -1.99. The van der Waals surface area contributed by atoms with Crippen LogP contribution in [0.25, 0.3) is 0 Å². The number of rotatable bonds is 2. The Kier molecular flexibility index (Phi) is 2.57. The number of carboxylic acid groups (broad SMARTS) is 1. The number of aryl methyl sites for hydroxylation is 1. The molecule has 0 aliphatic carbocycles. The van der Waals surface area contributed by atoms with Crippen molar-refractivity contribution in [3.05, 3.63) is 29.3 Å². The van der Waals surface area contributed by atoms with E-state index in [1.807, 2.05) is 0 Å². The fraction of sp³-hybridized carbons (Fsp3) is 0.111. The highest BCUT2D eigenvalue weighted by Gasteiger charge is 2.11. The number of aromatic carboxylic acids is 1. The Hall–Kier alpha value is -1.93. The second kappa shape index (κ2) is 3.65. The summed E-state index contributed by atoms with van der Waals surface area (Å²) in [6.07, 6.45) is 1.32. The Balaban J connectivity index is 3.42. The molecule has 1 N–H and O–H groups in total. The molecular formula is C9H7NO3. The van der Waals surface area contributed by atoms with Gasteiger partial charge in [0.25, 0.3) is 0 Å². The molecule has 0 saturated heterocycles. The van der Waals surface area contributed by atoms with Crippen LogP contribution >= 0.6 is 0 Å². The molecule has 1 aromatic carbocycles. The third-order valence-electron chi connectivity index (χ3n) is 1.63. The predicted octanol–water partition coefficient (Wildman–Crippen LogP) is 1.66. The van der Waals surface area contributed by atoms with Gasteiger partial charge in [-0.2, -0.15) is 4.99 Å². The van der Waals surface area contributed by atoms with E-state index in [2.05, 4.69) is 4.99 Å². The minimum absolute atomic E-state index is 0.0471. The zero-order valence-electron chi connectivity index (χ0n) is 6.94. The van der Waals surface area contributed by atoms with E-state index in [4.69, 9.17) is 5.11 Å². The van der Waals surface area contributed by atoms with Crippen LogP contribution < -0.4 is 0 Å². The maximum absolute atomic E-state index is 10.7. The summed E-state index contributed by atoms with van der Waals surface area (Å²) in [7, 11) is 0. The summed E-state index contributed by atoms with van der Waals surface area (Å²) in [6, 6.07) is 4.74. The van der Waals surface area contributed by atoms with Gasteiger partial charge in [-0.1, -0.05) is 12.1 Å². The normalized spacial score (nSPS) is 9.00. The largest absolute Gasteiger partial charge is 0.478 e. The average molecular weight is 177 g/mol. The molecule has 4 nitrogen and oxygen atoms in total. The van der Waals surface area contributed by atoms with Crippen LogP contribution in [0.15, 0.2) is 23.2 Å². The Labute approximate surface area is 74.5 Å². The highest BCUT2D eigenvalue weighted by atomic mass is 16.4. The Bertz CT molecular complexity index is 392. The third kappa shape index (κ3) is 1.80. The van der Waals surface area contributed by atoms with Gasteiger partial charge in [0.1, 0.15) is 0 Å². The third-order valence-corrected chi connectivity index (χ3v) is 1.63. The second-order valence-electron chi connectivity index (χ2n) is 2.48. The lowest BCUT2D eigenvalue weighted by atomic mass is 10.1. The van der Waals surface area contributed by atoms with Crippen LogP contribution in [0.2, 0.25) is 0 Å². The number of hydrogen-bond donors (Lipinski definition) is 1. The molecule has 1 rings (SSSR count). The molecule has 0 aromatic heterocycles. The zero-order valence-corrected chi connectivity index (χ0v) is 6.94. The lowest BCUT2D eigenvalue weighted by molar-refractivity contribution is 0.0697. The van der Waals surface area contributed by atoms with E-state index in [0.717, 1.165) is 0 Å². The molecule has 0 saturated carbocycles. The highest BCUT2D eigenvalue weighted by Crippen LogP contribution is 2.21. The minimum Gasteiger partial charge on any atom is -0.478 e. The van der Waals surface area contributed by atoms with Crippen molar-refractivity contribution in [1.29, 1.82) is 0 Å². The first-order valence-electron chi connectivity index (χ1n) is 3.57. The van der Waals surface area contributed by atoms with Crippen LogP contribution in [0.4, 0.5) is 5.69 Å². The molecule has 0 heterocycles. The van der Waals surface area contributed by atoms with Gasteiger partial charge < -0.3 is 5.11 Å². The molecular weight excluding hydrogens is 170 g/mol. The van der Waals surface area contributed by atoms with Crippen LogP contribution in [0.5, 0.6) is 0 Å². The summed E-state index contributed by atoms with van der Waals surface area (Å²) in [5.41, 5.74) is 0.761. The fourth-order valence-corrected chi connectivity index (χ4v) is 1.07. The van der Waals surface area contributed by atoms with Crippen molar-refractivity contribution in [2.24, 2.45) is 4.99 Å². The standard InChI is InChI=1S/C9H7NO3/c1-6-3-2-4-7(10-5-11)8(6)9(12)13/h2-4H,1H3,(H,12,13). The molecule has 0 radical (unpaired) electrons. The van der Waals surface area contributed by atoms with E-state index in [0.29, 0.717) is 5.56 Å². The number of benzene rings is 1. The van der Waals surface area contributed by atoms with E-state index >= 15 is 0 Å². The van der Waals surface area contributed by atoms with Gasteiger partial charge in [-0.05, 0) is 18.6 Å². The molecule has 66 valence electrons. The summed E-state index contributed by atoms with van der Waals surface area (Å²) in [5, 5.41) is 8.78. The number of aliphatic imine (C=N–C) groups is 1. The Morgan fingerprint density at radius 3 is 2.77 bits per heavy atom. The number of nitrogens with zero attached hydrogens (tertiary/aromatic N) is 1. The van der Waals surface area contributed by atoms with Crippen LogP contribution in [0.1, 0.15) is 15.9 Å². The first kappa shape index (κ1) is 9.16. The van der Waals surface area contributed by atoms with E-state index < -0.39 is 5.97 Å². The molecule has 0 bridgehead atoms. The maximum atomic E-state index is 10.7. The van der Waals surface area contributed by atoms with Crippen LogP contribution in [-0.2, 0) is 4.79 Å². The fourth-order valence-electron chi connectivity index (χ4n) is 1.07. The van der Waals surface area contributed by atoms with Crippen molar-refractivity contribution in [1.82, 2.24) is 0 Å². The molecule has 0 fully saturated rings. The smallest absolute Gasteiger partial charge is 0.338 e. The van der Waals surface area contributed by atoms with E-state index in [9.17, 15) is 9.59 Å². The number of isocyanates is 1. The second-order valence-corrected chi connectivity index (χ2v) is 2.48. The van der Waals surface area contributed by atoms with Gasteiger partial charge in [-0.3, -0.25) is 0 Å². The minimum atomic E-state index is -1.09. The zero-order chi connectivity index (χ0) is 9.84. The monoisotopic (exact) mass is 177 g/mol. The lowest BCUT2D eigenvalue weighted by Gasteiger charge is -2.01. The molecule has 0 spiro atoms. The molecule has 0 unspecified atom stereocenters. The molecule has 13 heavy (non-hydrogen) atoms. The van der Waals surface area contributed by atoms with Gasteiger partial charge in [0, 0.05) is 0 Å². The van der Waals surface area contributed by atoms with Gasteiger partial charge in [-0.25, -0.2) is 9.59 Å². The highest BCUT2D eigenvalue weighted by molar-refractivity contribution is 5.95. The first-order valence-corrected chi connectivity index (χ1v) is 3.57. The summed E-state index contributed by atoms with van der Waals surface area (Å²) < 4.78 is 0. The van der Waals surface area contributed by atoms with Crippen LogP contribution in [0.3, 0.4) is 0 Å². The molecule has 4 heteroatoms. The van der Waals surface area contributed by atoms with Crippen molar-refractivity contribution in [2.75, 3.05) is 0 Å². The molecule has 1 aromatic rings. The predicted molar refractivity (Wildman–Crippen MR) is 45.9 cm³/mol. The Morgan fingerprint density at radius 2 is 2.23 bits per heavy atom. The topological polar surface area (TPSA) is 66.7 Å². The van der Waals surface area contributed by atoms with Crippen LogP contribution in [-0.4, -0.2) is 17.2 Å². The Morgan fingerprint density at radius 1 is 1.54 bits per heavy atom. The van der Waals surface area contributed by atoms with Crippen molar-refractivity contribution in [2.45, 2.75) is 6.92 Å². The summed E-state index contributed by atoms with van der Waals surface area (Å²) >= 11 is 0. The van der Waals surface area contributed by atoms with Gasteiger partial charge in [0.2, 0.25) is 6.08 Å². The van der Waals surface area contributed by atoms with Crippen LogP contribution in [0, 0.1) is 6.92 Å². The van der Waals surface area contributed by atoms with Crippen molar-refractivity contribution in [3.63, 3.8) is 0 Å². The van der Waals surface area contributed by atoms with Crippen molar-refractivity contribution >= 4 is 17.7 Å². The summed E-state index contributed by atoms with van der Waals surface area (Å²) in [4.78, 5) is 24.0. The molecule has 0 aliphatic heterocycles. The summed E-state index contributed by atoms with van der Waals surface area (Å²) in [6.45, 7) is 1.65.